The summed E-state index contributed by atoms with van der Waals surface area (Å²) in [7, 11) is 0. The number of para-hydroxylation sites is 4. The molecule has 0 amide bonds. The van der Waals surface area contributed by atoms with Gasteiger partial charge >= 0.3 is 0 Å². The molecule has 294 valence electrons. The zero-order valence-electron chi connectivity index (χ0n) is 36.3. The fourth-order valence-corrected chi connectivity index (χ4v) is 10.7. The third kappa shape index (κ3) is 4.58. The van der Waals surface area contributed by atoms with Crippen LogP contribution in [0.4, 0.5) is 34.1 Å². The zero-order chi connectivity index (χ0) is 40.9. The molecule has 4 heteroatoms. The van der Waals surface area contributed by atoms with E-state index in [0.29, 0.717) is 0 Å². The predicted octanol–water partition coefficient (Wildman–Crippen LogP) is 15.7. The monoisotopic (exact) mass is 764 g/mol. The second kappa shape index (κ2) is 11.6. The number of hydrogen-bond donors (Lipinski definition) is 0. The van der Waals surface area contributed by atoms with Gasteiger partial charge in [0.2, 0.25) is 0 Å². The molecule has 0 unspecified atom stereocenters. The molecule has 4 nitrogen and oxygen atoms in total. The average Bonchev–Trinajstić information content (AvgIpc) is 3.37. The summed E-state index contributed by atoms with van der Waals surface area (Å²) in [6.45, 7) is 28.8. The Morgan fingerprint density at radius 2 is 0.638 bits per heavy atom. The molecule has 6 aromatic rings. The molecule has 0 saturated heterocycles. The van der Waals surface area contributed by atoms with Gasteiger partial charge in [0, 0.05) is 11.4 Å². The lowest BCUT2D eigenvalue weighted by molar-refractivity contribution is 0.125. The number of nitrogens with zero attached hydrogens (tertiary/aromatic N) is 2. The Kier molecular flexibility index (Phi) is 7.36. The highest BCUT2D eigenvalue weighted by Gasteiger charge is 2.58. The van der Waals surface area contributed by atoms with Gasteiger partial charge < -0.3 is 19.3 Å². The Morgan fingerprint density at radius 3 is 0.983 bits per heavy atom. The van der Waals surface area contributed by atoms with Crippen molar-refractivity contribution < 1.29 is 9.47 Å². The second-order valence-corrected chi connectivity index (χ2v) is 20.4. The molecular weight excluding hydrogens is 709 g/mol. The van der Waals surface area contributed by atoms with E-state index in [1.165, 1.54) is 33.4 Å². The van der Waals surface area contributed by atoms with Crippen LogP contribution in [0.5, 0.6) is 23.0 Å². The van der Waals surface area contributed by atoms with E-state index in [1.54, 1.807) is 0 Å². The summed E-state index contributed by atoms with van der Waals surface area (Å²) in [5.74, 6) is 3.56. The summed E-state index contributed by atoms with van der Waals surface area (Å²) in [4.78, 5) is 4.76. The molecule has 0 N–H and O–H groups in total. The Labute approximate surface area is 345 Å². The molecule has 2 heterocycles. The van der Waals surface area contributed by atoms with Crippen molar-refractivity contribution in [1.29, 1.82) is 0 Å². The SMILES string of the molecule is CC1(C)c2cc3c(cc2C(C)(C)C1(C)C)N(c1ccc(-c2ccc(N4c5ccccc5Oc5cc6c(cc54)C(C)(C)C(C)(C)C6(C)C)cc2)cc1)c1ccccc1O3. The molecular formula is C54H56N2O2. The van der Waals surface area contributed by atoms with E-state index in [1.807, 2.05) is 0 Å². The Balaban J connectivity index is 1.02. The smallest absolute Gasteiger partial charge is 0.151 e. The summed E-state index contributed by atoms with van der Waals surface area (Å²) in [6.07, 6.45) is 0. The van der Waals surface area contributed by atoms with Gasteiger partial charge in [-0.2, -0.15) is 0 Å². The van der Waals surface area contributed by atoms with Crippen LogP contribution in [0.25, 0.3) is 11.1 Å². The first-order valence-corrected chi connectivity index (χ1v) is 21.0. The predicted molar refractivity (Wildman–Crippen MR) is 241 cm³/mol. The van der Waals surface area contributed by atoms with Crippen LogP contribution >= 0.6 is 0 Å². The minimum Gasteiger partial charge on any atom is -0.453 e. The third-order valence-electron chi connectivity index (χ3n) is 16.9. The van der Waals surface area contributed by atoms with Crippen LogP contribution in [0.1, 0.15) is 105 Å². The van der Waals surface area contributed by atoms with Gasteiger partial charge in [0.05, 0.1) is 22.7 Å². The van der Waals surface area contributed by atoms with Gasteiger partial charge in [-0.05, 0) is 139 Å². The fraction of sp³-hybridized carbons (Fsp3) is 0.333. The molecule has 0 radical (unpaired) electrons. The number of rotatable bonds is 3. The lowest BCUT2D eigenvalue weighted by Crippen LogP contribution is -2.42. The van der Waals surface area contributed by atoms with Gasteiger partial charge in [0.1, 0.15) is 0 Å². The van der Waals surface area contributed by atoms with Crippen LogP contribution < -0.4 is 19.3 Å². The van der Waals surface area contributed by atoms with Crippen molar-refractivity contribution >= 4 is 34.1 Å². The molecule has 0 aromatic heterocycles. The minimum atomic E-state index is -0.0185. The average molecular weight is 765 g/mol. The number of fused-ring (bicyclic) bond motifs is 6. The van der Waals surface area contributed by atoms with Crippen molar-refractivity contribution in [3.63, 3.8) is 0 Å². The highest BCUT2D eigenvalue weighted by molar-refractivity contribution is 5.90. The molecule has 58 heavy (non-hydrogen) atoms. The van der Waals surface area contributed by atoms with E-state index >= 15 is 0 Å². The van der Waals surface area contributed by atoms with E-state index < -0.39 is 0 Å². The van der Waals surface area contributed by atoms with Gasteiger partial charge in [0.25, 0.3) is 0 Å². The molecule has 0 bridgehead atoms. The first kappa shape index (κ1) is 36.8. The van der Waals surface area contributed by atoms with Crippen molar-refractivity contribution in [3.8, 4) is 34.1 Å². The highest BCUT2D eigenvalue weighted by atomic mass is 16.5. The molecule has 2 aliphatic carbocycles. The van der Waals surface area contributed by atoms with E-state index in [2.05, 4.69) is 214 Å². The maximum atomic E-state index is 6.68. The van der Waals surface area contributed by atoms with Gasteiger partial charge in [-0.25, -0.2) is 0 Å². The topological polar surface area (TPSA) is 24.9 Å². The Bertz CT molecular complexity index is 2490. The first-order valence-electron chi connectivity index (χ1n) is 21.0. The number of anilines is 6. The van der Waals surface area contributed by atoms with Crippen LogP contribution in [0.3, 0.4) is 0 Å². The molecule has 6 aromatic carbocycles. The van der Waals surface area contributed by atoms with Gasteiger partial charge in [-0.15, -0.1) is 0 Å². The lowest BCUT2D eigenvalue weighted by atomic mass is 9.59. The molecule has 0 spiro atoms. The Morgan fingerprint density at radius 1 is 0.328 bits per heavy atom. The van der Waals surface area contributed by atoms with Gasteiger partial charge in [0.15, 0.2) is 23.0 Å². The van der Waals surface area contributed by atoms with Crippen molar-refractivity contribution in [2.45, 2.75) is 105 Å². The molecule has 4 aliphatic rings. The van der Waals surface area contributed by atoms with Crippen molar-refractivity contribution in [1.82, 2.24) is 0 Å². The molecule has 2 aliphatic heterocycles. The fourth-order valence-electron chi connectivity index (χ4n) is 10.7. The first-order chi connectivity index (χ1) is 27.3. The van der Waals surface area contributed by atoms with Crippen LogP contribution in [0, 0.1) is 10.8 Å². The minimum absolute atomic E-state index is 0.0108. The van der Waals surface area contributed by atoms with E-state index in [4.69, 9.17) is 9.47 Å². The highest BCUT2D eigenvalue weighted by Crippen LogP contribution is 2.66. The number of hydrogen-bond acceptors (Lipinski definition) is 4. The number of benzene rings is 6. The standard InChI is InChI=1S/C54H56N2O2/c1-49(2)37-29-43-47(31-39(37)51(5,6)53(49,9)10)57-45-19-15-13-17-41(45)55(43)35-25-21-33(22-26-35)34-23-27-36(28-24-34)56-42-18-14-16-20-46(42)58-48-32-40-38(30-44(48)56)50(3,4)54(11,12)52(40,7)8/h13-32H,1-12H3. The summed E-state index contributed by atoms with van der Waals surface area (Å²) in [5.41, 5.74) is 14.4. The molecule has 0 fully saturated rings. The molecule has 0 atom stereocenters. The quantitative estimate of drug-likeness (QED) is 0.179. The molecule has 0 saturated carbocycles. The molecule has 10 rings (SSSR count). The van der Waals surface area contributed by atoms with Crippen molar-refractivity contribution in [2.24, 2.45) is 10.8 Å². The lowest BCUT2D eigenvalue weighted by Gasteiger charge is -2.44. The van der Waals surface area contributed by atoms with Crippen LogP contribution in [0.2, 0.25) is 0 Å². The number of ether oxygens (including phenoxy) is 2. The summed E-state index contributed by atoms with van der Waals surface area (Å²) < 4.78 is 13.4. The largest absolute Gasteiger partial charge is 0.453 e. The summed E-state index contributed by atoms with van der Waals surface area (Å²) in [6, 6.07) is 44.2. The second-order valence-electron chi connectivity index (χ2n) is 20.4. The van der Waals surface area contributed by atoms with Gasteiger partial charge in [-0.3, -0.25) is 0 Å². The van der Waals surface area contributed by atoms with Crippen molar-refractivity contribution in [3.05, 3.63) is 144 Å². The van der Waals surface area contributed by atoms with Gasteiger partial charge in [-0.1, -0.05) is 132 Å². The van der Waals surface area contributed by atoms with E-state index in [9.17, 15) is 0 Å². The maximum Gasteiger partial charge on any atom is 0.151 e. The Hall–Kier alpha value is -5.48. The van der Waals surface area contributed by atoms with Crippen LogP contribution in [-0.2, 0) is 21.7 Å². The summed E-state index contributed by atoms with van der Waals surface area (Å²) in [5, 5.41) is 0. The zero-order valence-corrected chi connectivity index (χ0v) is 36.3. The maximum absolute atomic E-state index is 6.68. The van der Waals surface area contributed by atoms with Crippen LogP contribution in [0.15, 0.2) is 121 Å². The van der Waals surface area contributed by atoms with E-state index in [-0.39, 0.29) is 32.5 Å². The summed E-state index contributed by atoms with van der Waals surface area (Å²) >= 11 is 0. The normalized spacial score (nSPS) is 20.1. The third-order valence-corrected chi connectivity index (χ3v) is 16.9. The van der Waals surface area contributed by atoms with Crippen molar-refractivity contribution in [2.75, 3.05) is 9.80 Å². The van der Waals surface area contributed by atoms with E-state index in [0.717, 1.165) is 57.1 Å². The van der Waals surface area contributed by atoms with Crippen LogP contribution in [-0.4, -0.2) is 0 Å².